The molecule has 444 valence electrons. The van der Waals surface area contributed by atoms with Gasteiger partial charge in [0.05, 0.1) is 57.4 Å². The van der Waals surface area contributed by atoms with Crippen LogP contribution in [0.4, 0.5) is 33.6 Å². The van der Waals surface area contributed by atoms with Crippen molar-refractivity contribution in [2.75, 3.05) is 31.0 Å². The fourth-order valence-corrected chi connectivity index (χ4v) is 11.9. The Kier molecular flexibility index (Phi) is 20.8. The van der Waals surface area contributed by atoms with Crippen molar-refractivity contribution in [3.8, 4) is 23.4 Å². The summed E-state index contributed by atoms with van der Waals surface area (Å²) in [6.07, 6.45) is -0.121. The number of ether oxygens (including phenoxy) is 2. The molecule has 3 heterocycles. The van der Waals surface area contributed by atoms with Gasteiger partial charge in [0.25, 0.3) is 40.5 Å². The summed E-state index contributed by atoms with van der Waals surface area (Å²) in [7, 11) is -22.9. The number of nitrogens with zero attached hydrogens (tertiary/aromatic N) is 10. The van der Waals surface area contributed by atoms with Crippen LogP contribution in [0.15, 0.2) is 112 Å². The summed E-state index contributed by atoms with van der Waals surface area (Å²) in [4.78, 5) is 8.17. The molecular formula is C45H40N10O21S8. The van der Waals surface area contributed by atoms with E-state index in [2.05, 4.69) is 46.7 Å². The number of imidazole rings is 1. The zero-order valence-corrected chi connectivity index (χ0v) is 49.6. The second kappa shape index (κ2) is 26.8. The number of pyridine rings is 1. The first-order chi connectivity index (χ1) is 39.2. The van der Waals surface area contributed by atoms with Gasteiger partial charge in [0.2, 0.25) is 11.0 Å². The summed E-state index contributed by atoms with van der Waals surface area (Å²) in [5, 5.41) is 48.4. The third kappa shape index (κ3) is 16.7. The molecule has 3 aromatic heterocycles. The number of hydrogen-bond acceptors (Lipinski definition) is 28. The van der Waals surface area contributed by atoms with Crippen LogP contribution in [0, 0.1) is 32.1 Å². The molecule has 39 heteroatoms. The molecule has 0 aliphatic carbocycles. The highest BCUT2D eigenvalue weighted by atomic mass is 32.2. The van der Waals surface area contributed by atoms with Gasteiger partial charge in [-0.25, -0.2) is 9.97 Å². The fourth-order valence-electron chi connectivity index (χ4n) is 7.64. The topological polar surface area (TPSA) is 487 Å². The van der Waals surface area contributed by atoms with Crippen LogP contribution < -0.4 is 9.47 Å². The normalized spacial score (nSPS) is 12.2. The number of thiazole rings is 1. The number of thioether (sulfide) groups is 1. The van der Waals surface area contributed by atoms with Crippen molar-refractivity contribution in [2.24, 2.45) is 30.7 Å². The lowest BCUT2D eigenvalue weighted by Crippen LogP contribution is -2.08. The van der Waals surface area contributed by atoms with Crippen LogP contribution in [0.3, 0.4) is 0 Å². The van der Waals surface area contributed by atoms with Crippen LogP contribution >= 0.6 is 23.1 Å². The minimum Gasteiger partial charge on any atom is -0.494 e. The molecule has 0 bridgehead atoms. The van der Waals surface area contributed by atoms with Crippen molar-refractivity contribution >= 4 is 156 Å². The average Bonchev–Trinajstić information content (AvgIpc) is 1.69. The van der Waals surface area contributed by atoms with Crippen molar-refractivity contribution in [2.45, 2.75) is 48.3 Å². The number of aryl methyl sites for hydroxylation is 2. The van der Waals surface area contributed by atoms with Gasteiger partial charge >= 0.3 is 21.2 Å². The molecule has 8 aromatic rings. The van der Waals surface area contributed by atoms with E-state index in [1.165, 1.54) is 29.7 Å². The van der Waals surface area contributed by atoms with E-state index in [-0.39, 0.29) is 102 Å². The van der Waals surface area contributed by atoms with E-state index in [0.717, 1.165) is 41.3 Å². The first-order valence-corrected chi connectivity index (χ1v) is 32.8. The quantitative estimate of drug-likeness (QED) is 0.0219. The summed E-state index contributed by atoms with van der Waals surface area (Å²) in [6, 6.07) is 17.8. The molecule has 84 heavy (non-hydrogen) atoms. The number of azo groups is 3. The van der Waals surface area contributed by atoms with Crippen LogP contribution in [0.1, 0.15) is 35.1 Å². The Labute approximate surface area is 486 Å². The second-order valence-electron chi connectivity index (χ2n) is 17.0. The molecule has 5 N–H and O–H groups in total. The van der Waals surface area contributed by atoms with Crippen molar-refractivity contribution in [1.82, 2.24) is 14.4 Å². The monoisotopic (exact) mass is 1310 g/mol. The second-order valence-corrected chi connectivity index (χ2v) is 25.8. The van der Waals surface area contributed by atoms with Gasteiger partial charge in [-0.1, -0.05) is 23.5 Å². The molecule has 0 radical (unpaired) electrons. The van der Waals surface area contributed by atoms with Gasteiger partial charge in [0.1, 0.15) is 44.7 Å². The summed E-state index contributed by atoms with van der Waals surface area (Å²) >= 11 is 1.95. The number of rotatable bonds is 19. The van der Waals surface area contributed by atoms with Gasteiger partial charge in [0, 0.05) is 21.9 Å². The Morgan fingerprint density at radius 2 is 1.29 bits per heavy atom. The molecule has 0 atom stereocenters. The van der Waals surface area contributed by atoms with Gasteiger partial charge in [0.15, 0.2) is 11.3 Å². The molecule has 0 aliphatic heterocycles. The van der Waals surface area contributed by atoms with Crippen LogP contribution in [-0.2, 0) is 61.7 Å². The molecule has 0 saturated heterocycles. The van der Waals surface area contributed by atoms with Gasteiger partial charge in [-0.05, 0) is 104 Å². The molecule has 8 rings (SSSR count). The molecule has 0 unspecified atom stereocenters. The highest BCUT2D eigenvalue weighted by molar-refractivity contribution is 7.99. The highest BCUT2D eigenvalue weighted by Crippen LogP contribution is 2.44. The summed E-state index contributed by atoms with van der Waals surface area (Å²) in [5.41, 5.74) is 2.69. The summed E-state index contributed by atoms with van der Waals surface area (Å²) in [5.74, 6) is -0.983. The largest absolute Gasteiger partial charge is 0.494 e. The van der Waals surface area contributed by atoms with E-state index < -0.39 is 88.9 Å². The number of hydrogen-bond donors (Lipinski definition) is 5. The van der Waals surface area contributed by atoms with Crippen LogP contribution in [0.5, 0.6) is 17.4 Å². The third-order valence-electron chi connectivity index (χ3n) is 11.3. The molecular weight excluding hydrogens is 1270 g/mol. The SMILES string of the molecule is COc1cccc2c1nc1c(C#N)c(C)c(N=Nc3cc(C)c(N=Nc4cc(C)c(N=Nc5nc6c(S(=O)(=O)O)cc7ccc(S(=O)(=O)O)cc7c6s5)cc4SCCCS(=O)(=O)O)cc3OCCCS(=O)(=O)O)c(O)n12.O=S(=O)=O.O=S(=O)=O. The zero-order chi connectivity index (χ0) is 62.2. The number of aromatic nitrogens is 3. The van der Waals surface area contributed by atoms with Gasteiger partial charge in [-0.3, -0.25) is 22.6 Å². The lowest BCUT2D eigenvalue weighted by atomic mass is 10.1. The minimum absolute atomic E-state index is 0.0178. The molecule has 0 spiro atoms. The molecule has 0 saturated carbocycles. The Bertz CT molecular complexity index is 4780. The Balaban J connectivity index is 0.00000133. The van der Waals surface area contributed by atoms with E-state index in [1.54, 1.807) is 51.1 Å². The number of fused-ring (bicyclic) bond motifs is 6. The van der Waals surface area contributed by atoms with E-state index in [0.29, 0.717) is 32.8 Å². The maximum atomic E-state index is 12.4. The lowest BCUT2D eigenvalue weighted by molar-refractivity contribution is 0.317. The van der Waals surface area contributed by atoms with E-state index >= 15 is 0 Å². The maximum absolute atomic E-state index is 12.4. The number of aromatic hydroxyl groups is 1. The van der Waals surface area contributed by atoms with Crippen molar-refractivity contribution < 1.29 is 91.7 Å². The predicted molar refractivity (Wildman–Crippen MR) is 300 cm³/mol. The van der Waals surface area contributed by atoms with Crippen molar-refractivity contribution in [1.29, 1.82) is 5.26 Å². The molecule has 0 fully saturated rings. The Morgan fingerprint density at radius 1 is 0.690 bits per heavy atom. The Hall–Kier alpha value is -7.88. The van der Waals surface area contributed by atoms with Crippen LogP contribution in [-0.4, -0.2) is 128 Å². The first-order valence-electron chi connectivity index (χ1n) is 22.9. The van der Waals surface area contributed by atoms with Crippen LogP contribution in [0.2, 0.25) is 0 Å². The average molecular weight is 1310 g/mol. The van der Waals surface area contributed by atoms with E-state index in [9.17, 15) is 62.3 Å². The molecule has 31 nitrogen and oxygen atoms in total. The van der Waals surface area contributed by atoms with Crippen molar-refractivity contribution in [3.63, 3.8) is 0 Å². The van der Waals surface area contributed by atoms with Crippen LogP contribution in [0.25, 0.3) is 37.7 Å². The van der Waals surface area contributed by atoms with Gasteiger partial charge < -0.3 is 14.6 Å². The first kappa shape index (κ1) is 65.3. The number of nitriles is 1. The van der Waals surface area contributed by atoms with E-state index in [4.69, 9.17) is 34.7 Å². The summed E-state index contributed by atoms with van der Waals surface area (Å²) in [6.45, 7) is 4.65. The minimum atomic E-state index is -4.86. The maximum Gasteiger partial charge on any atom is 0.425 e. The highest BCUT2D eigenvalue weighted by Gasteiger charge is 2.25. The zero-order valence-electron chi connectivity index (χ0n) is 43.1. The third-order valence-corrected chi connectivity index (χ3v) is 16.7. The number of benzene rings is 5. The molecule has 0 amide bonds. The Morgan fingerprint density at radius 3 is 1.89 bits per heavy atom. The van der Waals surface area contributed by atoms with E-state index in [1.807, 2.05) is 0 Å². The van der Waals surface area contributed by atoms with Gasteiger partial charge in [-0.15, -0.1) is 62.6 Å². The van der Waals surface area contributed by atoms with Crippen molar-refractivity contribution in [3.05, 3.63) is 89.0 Å². The molecule has 5 aromatic carbocycles. The summed E-state index contributed by atoms with van der Waals surface area (Å²) < 4.78 is 197. The van der Waals surface area contributed by atoms with Gasteiger partial charge in [-0.2, -0.15) is 44.0 Å². The fraction of sp³-hybridized carbons (Fsp3) is 0.222. The predicted octanol–water partition coefficient (Wildman–Crippen LogP) is 8.52. The molecule has 0 aliphatic rings. The smallest absolute Gasteiger partial charge is 0.425 e. The standard InChI is InChI=1S/C45H40N10O15S6.2O3S/c1-23-16-32(51-53-39-25(3)29(22-46)43-47-40-34(55(43)44(39)56)8-5-9-35(40)69-4)36(70-12-6-14-73(57,58)59)20-30(23)49-52-33-17-24(2)31(21-37(33)71-13-7-15-74(60,61)62)50-54-45-48-41-38(76(66,67)68)18-26-10-11-27(75(63,64)65)19-28(26)42(41)72-45;2*1-4(2)3/h5,8-11,16-21,56H,6-7,12-15H2,1-4H3,(H,57,58,59)(H,60,61,62)(H,63,64,65)(H,66,67,68);;. The number of para-hydroxylation sites is 1. The number of methoxy groups -OCH3 is 1. The lowest BCUT2D eigenvalue weighted by Gasteiger charge is -2.12.